The van der Waals surface area contributed by atoms with Crippen molar-refractivity contribution in [3.05, 3.63) is 29.8 Å². The molecule has 1 atom stereocenters. The van der Waals surface area contributed by atoms with Crippen LogP contribution < -0.4 is 5.32 Å². The van der Waals surface area contributed by atoms with Crippen molar-refractivity contribution in [1.29, 1.82) is 5.26 Å². The van der Waals surface area contributed by atoms with Crippen LogP contribution in [0.3, 0.4) is 0 Å². The first-order chi connectivity index (χ1) is 5.92. The van der Waals surface area contributed by atoms with Gasteiger partial charge in [-0.2, -0.15) is 5.26 Å². The summed E-state index contributed by atoms with van der Waals surface area (Å²) >= 11 is 0. The third-order valence-corrected chi connectivity index (χ3v) is 2.24. The molecule has 1 aliphatic rings. The molecular weight excluding hydrogens is 148 g/mol. The lowest BCUT2D eigenvalue weighted by Crippen LogP contribution is -2.15. The number of rotatable bonds is 0. The number of para-hydroxylation sites is 1. The van der Waals surface area contributed by atoms with Crippen LogP contribution in [-0.2, 0) is 0 Å². The molecule has 0 spiro atoms. The van der Waals surface area contributed by atoms with Crippen molar-refractivity contribution in [3.63, 3.8) is 0 Å². The lowest BCUT2D eigenvalue weighted by molar-refractivity contribution is 0.752. The Hall–Kier alpha value is -1.49. The van der Waals surface area contributed by atoms with Crippen LogP contribution >= 0.6 is 0 Å². The van der Waals surface area contributed by atoms with Gasteiger partial charge in [0.25, 0.3) is 0 Å². The van der Waals surface area contributed by atoms with Gasteiger partial charge in [0.1, 0.15) is 0 Å². The Morgan fingerprint density at radius 3 is 3.08 bits per heavy atom. The average molecular weight is 158 g/mol. The number of benzene rings is 1. The summed E-state index contributed by atoms with van der Waals surface area (Å²) in [7, 11) is 0. The standard InChI is InChI=1S/C10H10N2/c11-7-8-5-6-12-10-4-2-1-3-9(8)10/h1-4,8,12H,5-6H2. The number of hydrogen-bond donors (Lipinski definition) is 1. The van der Waals surface area contributed by atoms with E-state index >= 15 is 0 Å². The normalized spacial score (nSPS) is 20.4. The first kappa shape index (κ1) is 7.17. The molecule has 12 heavy (non-hydrogen) atoms. The maximum atomic E-state index is 8.86. The Balaban J connectivity index is 2.45. The van der Waals surface area contributed by atoms with Crippen molar-refractivity contribution in [1.82, 2.24) is 0 Å². The molecule has 0 saturated carbocycles. The van der Waals surface area contributed by atoms with Gasteiger partial charge in [-0.1, -0.05) is 18.2 Å². The molecule has 2 heteroatoms. The molecule has 1 aromatic carbocycles. The van der Waals surface area contributed by atoms with Gasteiger partial charge in [-0.25, -0.2) is 0 Å². The van der Waals surface area contributed by atoms with Crippen molar-refractivity contribution in [2.24, 2.45) is 0 Å². The van der Waals surface area contributed by atoms with Crippen LogP contribution in [0, 0.1) is 11.3 Å². The summed E-state index contributed by atoms with van der Waals surface area (Å²) in [5, 5.41) is 12.1. The van der Waals surface area contributed by atoms with E-state index in [9.17, 15) is 0 Å². The molecule has 0 fully saturated rings. The van der Waals surface area contributed by atoms with Crippen LogP contribution in [0.1, 0.15) is 17.9 Å². The van der Waals surface area contributed by atoms with Gasteiger partial charge in [-0.05, 0) is 18.1 Å². The van der Waals surface area contributed by atoms with Gasteiger partial charge in [0.15, 0.2) is 0 Å². The molecule has 0 bridgehead atoms. The van der Waals surface area contributed by atoms with Crippen LogP contribution in [0.5, 0.6) is 0 Å². The van der Waals surface area contributed by atoms with E-state index in [1.807, 2.05) is 24.3 Å². The molecule has 2 nitrogen and oxygen atoms in total. The highest BCUT2D eigenvalue weighted by Gasteiger charge is 2.17. The highest BCUT2D eigenvalue weighted by Crippen LogP contribution is 2.30. The third-order valence-electron chi connectivity index (χ3n) is 2.24. The van der Waals surface area contributed by atoms with Gasteiger partial charge < -0.3 is 5.32 Å². The van der Waals surface area contributed by atoms with E-state index in [2.05, 4.69) is 11.4 Å². The molecule has 0 radical (unpaired) electrons. The number of nitrogens with one attached hydrogen (secondary N) is 1. The second kappa shape index (κ2) is 2.86. The predicted molar refractivity (Wildman–Crippen MR) is 47.9 cm³/mol. The first-order valence-corrected chi connectivity index (χ1v) is 4.14. The fourth-order valence-corrected chi connectivity index (χ4v) is 1.60. The molecular formula is C10H10N2. The fourth-order valence-electron chi connectivity index (χ4n) is 1.60. The van der Waals surface area contributed by atoms with Gasteiger partial charge in [0.2, 0.25) is 0 Å². The summed E-state index contributed by atoms with van der Waals surface area (Å²) in [4.78, 5) is 0. The molecule has 1 aromatic rings. The summed E-state index contributed by atoms with van der Waals surface area (Å²) in [6.07, 6.45) is 0.924. The Kier molecular flexibility index (Phi) is 1.71. The largest absolute Gasteiger partial charge is 0.385 e. The second-order valence-corrected chi connectivity index (χ2v) is 2.98. The minimum absolute atomic E-state index is 0.0856. The van der Waals surface area contributed by atoms with Gasteiger partial charge in [-0.3, -0.25) is 0 Å². The third kappa shape index (κ3) is 1.04. The van der Waals surface area contributed by atoms with Gasteiger partial charge in [0, 0.05) is 12.2 Å². The van der Waals surface area contributed by atoms with Crippen molar-refractivity contribution >= 4 is 5.69 Å². The van der Waals surface area contributed by atoms with E-state index in [1.54, 1.807) is 0 Å². The molecule has 1 unspecified atom stereocenters. The van der Waals surface area contributed by atoms with E-state index in [0.29, 0.717) is 0 Å². The van der Waals surface area contributed by atoms with Gasteiger partial charge in [-0.15, -0.1) is 0 Å². The maximum absolute atomic E-state index is 8.86. The molecule has 1 aliphatic heterocycles. The van der Waals surface area contributed by atoms with E-state index in [4.69, 9.17) is 5.26 Å². The van der Waals surface area contributed by atoms with Crippen molar-refractivity contribution in [2.45, 2.75) is 12.3 Å². The van der Waals surface area contributed by atoms with E-state index < -0.39 is 0 Å². The molecule has 2 rings (SSSR count). The van der Waals surface area contributed by atoms with Gasteiger partial charge in [0.05, 0.1) is 12.0 Å². The maximum Gasteiger partial charge on any atom is 0.0749 e. The highest BCUT2D eigenvalue weighted by atomic mass is 14.9. The molecule has 1 heterocycles. The number of anilines is 1. The number of nitriles is 1. The summed E-state index contributed by atoms with van der Waals surface area (Å²) in [5.74, 6) is 0.0856. The number of hydrogen-bond acceptors (Lipinski definition) is 2. The lowest BCUT2D eigenvalue weighted by atomic mass is 9.92. The topological polar surface area (TPSA) is 35.8 Å². The van der Waals surface area contributed by atoms with E-state index in [0.717, 1.165) is 24.2 Å². The van der Waals surface area contributed by atoms with Crippen LogP contribution in [0.4, 0.5) is 5.69 Å². The SMILES string of the molecule is N#CC1CCNc2ccccc21. The Bertz CT molecular complexity index is 325. The Labute approximate surface area is 71.8 Å². The van der Waals surface area contributed by atoms with E-state index in [-0.39, 0.29) is 5.92 Å². The molecule has 0 amide bonds. The first-order valence-electron chi connectivity index (χ1n) is 4.14. The van der Waals surface area contributed by atoms with Crippen LogP contribution in [0.15, 0.2) is 24.3 Å². The monoisotopic (exact) mass is 158 g/mol. The molecule has 0 saturated heterocycles. The Morgan fingerprint density at radius 2 is 2.25 bits per heavy atom. The quantitative estimate of drug-likeness (QED) is 0.627. The summed E-state index contributed by atoms with van der Waals surface area (Å²) in [6, 6.07) is 10.3. The minimum atomic E-state index is 0.0856. The van der Waals surface area contributed by atoms with Crippen molar-refractivity contribution < 1.29 is 0 Å². The van der Waals surface area contributed by atoms with E-state index in [1.165, 1.54) is 0 Å². The summed E-state index contributed by atoms with van der Waals surface area (Å²) in [5.41, 5.74) is 2.27. The predicted octanol–water partition coefficient (Wildman–Crippen LogP) is 2.11. The molecule has 60 valence electrons. The zero-order chi connectivity index (χ0) is 8.39. The zero-order valence-corrected chi connectivity index (χ0v) is 6.75. The smallest absolute Gasteiger partial charge is 0.0749 e. The number of fused-ring (bicyclic) bond motifs is 1. The molecule has 0 aliphatic carbocycles. The summed E-state index contributed by atoms with van der Waals surface area (Å²) in [6.45, 7) is 0.912. The van der Waals surface area contributed by atoms with Crippen LogP contribution in [0.2, 0.25) is 0 Å². The van der Waals surface area contributed by atoms with Crippen LogP contribution in [0.25, 0.3) is 0 Å². The minimum Gasteiger partial charge on any atom is -0.385 e. The summed E-state index contributed by atoms with van der Waals surface area (Å²) < 4.78 is 0. The zero-order valence-electron chi connectivity index (χ0n) is 6.75. The fraction of sp³-hybridized carbons (Fsp3) is 0.300. The molecule has 0 aromatic heterocycles. The highest BCUT2D eigenvalue weighted by molar-refractivity contribution is 5.56. The lowest BCUT2D eigenvalue weighted by Gasteiger charge is -2.21. The van der Waals surface area contributed by atoms with Gasteiger partial charge >= 0.3 is 0 Å². The second-order valence-electron chi connectivity index (χ2n) is 2.98. The Morgan fingerprint density at radius 1 is 1.42 bits per heavy atom. The average Bonchev–Trinajstić information content (AvgIpc) is 2.17. The van der Waals surface area contributed by atoms with Crippen LogP contribution in [-0.4, -0.2) is 6.54 Å². The van der Waals surface area contributed by atoms with Crippen molar-refractivity contribution in [2.75, 3.05) is 11.9 Å². The van der Waals surface area contributed by atoms with Crippen molar-refractivity contribution in [3.8, 4) is 6.07 Å². The number of nitrogens with zero attached hydrogens (tertiary/aromatic N) is 1. The molecule has 1 N–H and O–H groups in total.